The van der Waals surface area contributed by atoms with Crippen molar-refractivity contribution < 1.29 is 9.53 Å². The van der Waals surface area contributed by atoms with Crippen LogP contribution in [0.25, 0.3) is 0 Å². The quantitative estimate of drug-likeness (QED) is 0.688. The lowest BCUT2D eigenvalue weighted by atomic mass is 10.1. The fourth-order valence-corrected chi connectivity index (χ4v) is 1.68. The van der Waals surface area contributed by atoms with Gasteiger partial charge in [0.05, 0.1) is 25.8 Å². The van der Waals surface area contributed by atoms with Gasteiger partial charge in [-0.2, -0.15) is 5.10 Å². The molecular formula is C14H15N5O2. The van der Waals surface area contributed by atoms with Crippen LogP contribution in [0.15, 0.2) is 24.5 Å². The van der Waals surface area contributed by atoms with Gasteiger partial charge in [0.1, 0.15) is 17.9 Å². The summed E-state index contributed by atoms with van der Waals surface area (Å²) in [6, 6.07) is 5.03. The molecule has 1 aromatic heterocycles. The summed E-state index contributed by atoms with van der Waals surface area (Å²) in [7, 11) is 1.55. The number of benzene rings is 1. The molecule has 0 aliphatic rings. The number of nitrogens with two attached hydrogens (primary N) is 1. The highest BCUT2D eigenvalue weighted by molar-refractivity contribution is 5.94. The number of methoxy groups -OCH3 is 1. The van der Waals surface area contributed by atoms with Gasteiger partial charge in [0.2, 0.25) is 0 Å². The van der Waals surface area contributed by atoms with Crippen molar-refractivity contribution in [1.82, 2.24) is 20.5 Å². The van der Waals surface area contributed by atoms with Gasteiger partial charge in [-0.3, -0.25) is 9.89 Å². The number of hydrogen-bond acceptors (Lipinski definition) is 5. The Bertz CT molecular complexity index is 670. The van der Waals surface area contributed by atoms with Crippen molar-refractivity contribution in [2.45, 2.75) is 6.54 Å². The number of carbonyl (C=O) groups is 1. The number of aromatic nitrogens is 3. The van der Waals surface area contributed by atoms with Crippen LogP contribution in [0.3, 0.4) is 0 Å². The van der Waals surface area contributed by atoms with Crippen LogP contribution in [0.5, 0.6) is 5.75 Å². The average molecular weight is 285 g/mol. The molecule has 0 atom stereocenters. The van der Waals surface area contributed by atoms with Gasteiger partial charge in [-0.1, -0.05) is 11.8 Å². The first-order chi connectivity index (χ1) is 10.2. The zero-order valence-corrected chi connectivity index (χ0v) is 11.5. The molecule has 1 heterocycles. The lowest BCUT2D eigenvalue weighted by Crippen LogP contribution is -2.23. The van der Waals surface area contributed by atoms with E-state index in [0.717, 1.165) is 0 Å². The maximum atomic E-state index is 12.1. The van der Waals surface area contributed by atoms with Gasteiger partial charge in [0, 0.05) is 5.56 Å². The number of H-pyrrole nitrogens is 1. The van der Waals surface area contributed by atoms with E-state index in [9.17, 15) is 4.79 Å². The zero-order chi connectivity index (χ0) is 15.1. The summed E-state index contributed by atoms with van der Waals surface area (Å²) >= 11 is 0. The molecule has 1 aromatic carbocycles. The highest BCUT2D eigenvalue weighted by Crippen LogP contribution is 2.18. The van der Waals surface area contributed by atoms with Crippen molar-refractivity contribution in [3.63, 3.8) is 0 Å². The van der Waals surface area contributed by atoms with E-state index in [1.807, 2.05) is 0 Å². The Morgan fingerprint density at radius 2 is 2.38 bits per heavy atom. The van der Waals surface area contributed by atoms with E-state index >= 15 is 0 Å². The number of aromatic amines is 1. The molecule has 7 heteroatoms. The van der Waals surface area contributed by atoms with Crippen LogP contribution in [0.4, 0.5) is 0 Å². The summed E-state index contributed by atoms with van der Waals surface area (Å²) in [4.78, 5) is 16.0. The monoisotopic (exact) mass is 285 g/mol. The number of hydrogen-bond donors (Lipinski definition) is 3. The van der Waals surface area contributed by atoms with Crippen molar-refractivity contribution in [1.29, 1.82) is 0 Å². The van der Waals surface area contributed by atoms with Crippen LogP contribution in [0, 0.1) is 11.8 Å². The average Bonchev–Trinajstić information content (AvgIpc) is 3.03. The second-order valence-electron chi connectivity index (χ2n) is 4.04. The molecule has 1 amide bonds. The van der Waals surface area contributed by atoms with Crippen LogP contribution in [0.1, 0.15) is 21.7 Å². The molecule has 0 aliphatic heterocycles. The van der Waals surface area contributed by atoms with E-state index in [1.165, 1.54) is 6.33 Å². The minimum absolute atomic E-state index is 0.232. The Morgan fingerprint density at radius 1 is 1.52 bits per heavy atom. The molecule has 0 unspecified atom stereocenters. The van der Waals surface area contributed by atoms with Crippen molar-refractivity contribution >= 4 is 5.91 Å². The van der Waals surface area contributed by atoms with Gasteiger partial charge in [-0.25, -0.2) is 4.98 Å². The molecule has 4 N–H and O–H groups in total. The van der Waals surface area contributed by atoms with E-state index in [0.29, 0.717) is 22.7 Å². The van der Waals surface area contributed by atoms with Crippen LogP contribution >= 0.6 is 0 Å². The molecule has 0 spiro atoms. The van der Waals surface area contributed by atoms with Gasteiger partial charge in [-0.05, 0) is 18.2 Å². The van der Waals surface area contributed by atoms with Crippen molar-refractivity contribution in [2.75, 3.05) is 13.7 Å². The molecular weight excluding hydrogens is 270 g/mol. The standard InChI is InChI=1S/C14H15N5O2/c1-21-12-5-4-11(7-10(12)3-2-6-15)14(20)16-8-13-17-9-18-19-13/h4-5,7,9H,6,8,15H2,1H3,(H,16,20)(H,17,18,19). The van der Waals surface area contributed by atoms with E-state index in [-0.39, 0.29) is 19.0 Å². The largest absolute Gasteiger partial charge is 0.495 e. The lowest BCUT2D eigenvalue weighted by Gasteiger charge is -2.07. The molecule has 0 radical (unpaired) electrons. The summed E-state index contributed by atoms with van der Waals surface area (Å²) in [5.41, 5.74) is 6.46. The number of nitrogens with zero attached hydrogens (tertiary/aromatic N) is 2. The molecule has 108 valence electrons. The highest BCUT2D eigenvalue weighted by atomic mass is 16.5. The molecule has 0 saturated heterocycles. The van der Waals surface area contributed by atoms with E-state index < -0.39 is 0 Å². The second kappa shape index (κ2) is 7.07. The number of carbonyl (C=O) groups excluding carboxylic acids is 1. The topological polar surface area (TPSA) is 106 Å². The van der Waals surface area contributed by atoms with E-state index in [4.69, 9.17) is 10.5 Å². The van der Waals surface area contributed by atoms with Crippen molar-refractivity contribution in [3.05, 3.63) is 41.5 Å². The lowest BCUT2D eigenvalue weighted by molar-refractivity contribution is 0.0950. The third-order valence-corrected chi connectivity index (χ3v) is 2.67. The molecule has 0 bridgehead atoms. The van der Waals surface area contributed by atoms with Crippen molar-refractivity contribution in [2.24, 2.45) is 5.73 Å². The first-order valence-corrected chi connectivity index (χ1v) is 6.24. The van der Waals surface area contributed by atoms with Crippen molar-refractivity contribution in [3.8, 4) is 17.6 Å². The smallest absolute Gasteiger partial charge is 0.251 e. The van der Waals surface area contributed by atoms with Crippen LogP contribution in [-0.2, 0) is 6.54 Å². The first kappa shape index (κ1) is 14.6. The van der Waals surface area contributed by atoms with Crippen LogP contribution in [0.2, 0.25) is 0 Å². The Kier molecular flexibility index (Phi) is 4.90. The van der Waals surface area contributed by atoms with Crippen LogP contribution < -0.4 is 15.8 Å². The third kappa shape index (κ3) is 3.81. The van der Waals surface area contributed by atoms with Gasteiger partial charge in [0.15, 0.2) is 0 Å². The van der Waals surface area contributed by atoms with E-state index in [2.05, 4.69) is 32.3 Å². The minimum atomic E-state index is -0.232. The number of nitrogens with one attached hydrogen (secondary N) is 2. The molecule has 21 heavy (non-hydrogen) atoms. The Hall–Kier alpha value is -2.85. The fraction of sp³-hybridized carbons (Fsp3) is 0.214. The number of rotatable bonds is 4. The minimum Gasteiger partial charge on any atom is -0.495 e. The number of amides is 1. The molecule has 2 rings (SSSR count). The maximum Gasteiger partial charge on any atom is 0.251 e. The molecule has 2 aromatic rings. The summed E-state index contributed by atoms with van der Waals surface area (Å²) in [6.45, 7) is 0.514. The summed E-state index contributed by atoms with van der Waals surface area (Å²) in [5.74, 6) is 6.57. The molecule has 0 aliphatic carbocycles. The van der Waals surface area contributed by atoms with E-state index in [1.54, 1.807) is 25.3 Å². The molecule has 0 fully saturated rings. The normalized spacial score (nSPS) is 9.62. The Balaban J connectivity index is 2.13. The second-order valence-corrected chi connectivity index (χ2v) is 4.04. The predicted octanol–water partition coefficient (Wildman–Crippen LogP) is 0.0535. The first-order valence-electron chi connectivity index (χ1n) is 6.24. The fourth-order valence-electron chi connectivity index (χ4n) is 1.68. The Morgan fingerprint density at radius 3 is 3.05 bits per heavy atom. The van der Waals surface area contributed by atoms with Gasteiger partial charge in [-0.15, -0.1) is 0 Å². The zero-order valence-electron chi connectivity index (χ0n) is 11.5. The molecule has 7 nitrogen and oxygen atoms in total. The predicted molar refractivity (Wildman–Crippen MR) is 76.5 cm³/mol. The van der Waals surface area contributed by atoms with Gasteiger partial charge >= 0.3 is 0 Å². The van der Waals surface area contributed by atoms with Crippen LogP contribution in [-0.4, -0.2) is 34.7 Å². The van der Waals surface area contributed by atoms with Gasteiger partial charge in [0.25, 0.3) is 5.91 Å². The van der Waals surface area contributed by atoms with Gasteiger partial charge < -0.3 is 15.8 Å². The summed E-state index contributed by atoms with van der Waals surface area (Å²) in [6.07, 6.45) is 1.38. The number of ether oxygens (including phenoxy) is 1. The highest BCUT2D eigenvalue weighted by Gasteiger charge is 2.09. The maximum absolute atomic E-state index is 12.1. The third-order valence-electron chi connectivity index (χ3n) is 2.67. The Labute approximate surface area is 121 Å². The molecule has 0 saturated carbocycles. The summed E-state index contributed by atoms with van der Waals surface area (Å²) < 4.78 is 5.20. The SMILES string of the molecule is COc1ccc(C(=O)NCc2ncn[nH]2)cc1C#CCN. The summed E-state index contributed by atoms with van der Waals surface area (Å²) in [5, 5.41) is 9.11.